The first-order chi connectivity index (χ1) is 14.2. The normalized spacial score (nSPS) is 12.3. The summed E-state index contributed by atoms with van der Waals surface area (Å²) in [5.74, 6) is -0.878. The van der Waals surface area contributed by atoms with E-state index in [-0.39, 0.29) is 0 Å². The van der Waals surface area contributed by atoms with Crippen LogP contribution in [0.1, 0.15) is 22.7 Å². The van der Waals surface area contributed by atoms with Crippen LogP contribution < -0.4 is 14.8 Å². The summed E-state index contributed by atoms with van der Waals surface area (Å²) in [7, 11) is 3.96. The largest absolute Gasteiger partial charge is 0.493 e. The Balaban J connectivity index is 2.28. The molecule has 0 bridgehead atoms. The maximum absolute atomic E-state index is 13.3. The lowest BCUT2D eigenvalue weighted by Gasteiger charge is -2.20. The van der Waals surface area contributed by atoms with Gasteiger partial charge in [-0.3, -0.25) is 4.79 Å². The molecule has 0 aliphatic rings. The molecule has 0 unspecified atom stereocenters. The second kappa shape index (κ2) is 9.82. The van der Waals surface area contributed by atoms with Gasteiger partial charge in [-0.1, -0.05) is 24.3 Å². The molecule has 2 aromatic rings. The highest BCUT2D eigenvalue weighted by molar-refractivity contribution is 5.95. The first-order valence-corrected chi connectivity index (χ1v) is 8.65. The van der Waals surface area contributed by atoms with Crippen LogP contribution in [0.4, 0.5) is 13.2 Å². The SMILES string of the molecule is COC(=O)[C@H](NC(=O)/C=C\c1ccc(OC)c(OC)c1)c1ccccc1C(F)(F)F. The van der Waals surface area contributed by atoms with E-state index < -0.39 is 35.2 Å². The molecule has 1 atom stereocenters. The summed E-state index contributed by atoms with van der Waals surface area (Å²) in [5.41, 5.74) is -0.873. The number of carbonyl (C=O) groups is 2. The van der Waals surface area contributed by atoms with Crippen LogP contribution in [0.15, 0.2) is 48.5 Å². The number of alkyl halides is 3. The first kappa shape index (κ1) is 22.8. The minimum atomic E-state index is -4.71. The second-order valence-electron chi connectivity index (χ2n) is 6.00. The molecule has 0 saturated carbocycles. The summed E-state index contributed by atoms with van der Waals surface area (Å²) in [4.78, 5) is 24.4. The standard InChI is InChI=1S/C21H20F3NO5/c1-28-16-10-8-13(12-17(16)29-2)9-11-18(26)25-19(20(27)30-3)14-6-4-5-7-15(14)21(22,23)24/h4-12,19H,1-3H3,(H,25,26)/b11-9-/t19-/m1/s1. The predicted octanol–water partition coefficient (Wildman–Crippen LogP) is 3.77. The van der Waals surface area contributed by atoms with Crippen LogP contribution in [0.5, 0.6) is 11.5 Å². The van der Waals surface area contributed by atoms with Gasteiger partial charge >= 0.3 is 12.1 Å². The molecule has 0 heterocycles. The van der Waals surface area contributed by atoms with Crippen molar-refractivity contribution in [3.05, 3.63) is 65.2 Å². The Morgan fingerprint density at radius 3 is 2.27 bits per heavy atom. The summed E-state index contributed by atoms with van der Waals surface area (Å²) in [6.07, 6.45) is -2.20. The number of halogens is 3. The molecular weight excluding hydrogens is 403 g/mol. The highest BCUT2D eigenvalue weighted by Gasteiger charge is 2.37. The average Bonchev–Trinajstić information content (AvgIpc) is 2.74. The number of methoxy groups -OCH3 is 3. The van der Waals surface area contributed by atoms with E-state index >= 15 is 0 Å². The molecule has 6 nitrogen and oxygen atoms in total. The third kappa shape index (κ3) is 5.53. The summed E-state index contributed by atoms with van der Waals surface area (Å²) in [6, 6.07) is 7.75. The van der Waals surface area contributed by atoms with Crippen molar-refractivity contribution in [3.8, 4) is 11.5 Å². The Hall–Kier alpha value is -3.49. The Kier molecular flexibility index (Phi) is 7.46. The molecule has 0 radical (unpaired) electrons. The number of carbonyl (C=O) groups excluding carboxylic acids is 2. The fourth-order valence-electron chi connectivity index (χ4n) is 2.71. The van der Waals surface area contributed by atoms with Gasteiger partial charge in [0.1, 0.15) is 0 Å². The van der Waals surface area contributed by atoms with Crippen LogP contribution in [0.3, 0.4) is 0 Å². The van der Waals surface area contributed by atoms with E-state index in [2.05, 4.69) is 10.1 Å². The zero-order valence-electron chi connectivity index (χ0n) is 16.4. The fraction of sp³-hybridized carbons (Fsp3) is 0.238. The topological polar surface area (TPSA) is 73.9 Å². The van der Waals surface area contributed by atoms with E-state index in [1.807, 2.05) is 0 Å². The van der Waals surface area contributed by atoms with E-state index in [0.29, 0.717) is 17.1 Å². The van der Waals surface area contributed by atoms with Crippen molar-refractivity contribution in [2.24, 2.45) is 0 Å². The molecular formula is C21H20F3NO5. The van der Waals surface area contributed by atoms with Crippen molar-refractivity contribution >= 4 is 18.0 Å². The maximum Gasteiger partial charge on any atom is 0.416 e. The van der Waals surface area contributed by atoms with Crippen molar-refractivity contribution in [2.75, 3.05) is 21.3 Å². The molecule has 9 heteroatoms. The Morgan fingerprint density at radius 2 is 1.67 bits per heavy atom. The monoisotopic (exact) mass is 423 g/mol. The van der Waals surface area contributed by atoms with Gasteiger partial charge in [0.2, 0.25) is 5.91 Å². The average molecular weight is 423 g/mol. The number of esters is 1. The highest BCUT2D eigenvalue weighted by atomic mass is 19.4. The Labute approximate surface area is 171 Å². The van der Waals surface area contributed by atoms with Gasteiger partial charge in [0.15, 0.2) is 17.5 Å². The maximum atomic E-state index is 13.3. The quantitative estimate of drug-likeness (QED) is 0.542. The summed E-state index contributed by atoms with van der Waals surface area (Å²) in [5, 5.41) is 2.26. The molecule has 0 aromatic heterocycles. The van der Waals surface area contributed by atoms with Crippen molar-refractivity contribution in [2.45, 2.75) is 12.2 Å². The molecule has 1 N–H and O–H groups in total. The lowest BCUT2D eigenvalue weighted by Crippen LogP contribution is -2.34. The van der Waals surface area contributed by atoms with E-state index in [9.17, 15) is 22.8 Å². The zero-order chi connectivity index (χ0) is 22.3. The van der Waals surface area contributed by atoms with Crippen LogP contribution in [0.2, 0.25) is 0 Å². The number of ether oxygens (including phenoxy) is 3. The second-order valence-corrected chi connectivity index (χ2v) is 6.00. The van der Waals surface area contributed by atoms with Gasteiger partial charge in [-0.25, -0.2) is 4.79 Å². The van der Waals surface area contributed by atoms with Crippen LogP contribution in [0.25, 0.3) is 6.08 Å². The van der Waals surface area contributed by atoms with Crippen LogP contribution >= 0.6 is 0 Å². The third-order valence-electron chi connectivity index (χ3n) is 4.14. The predicted molar refractivity (Wildman–Crippen MR) is 103 cm³/mol. The molecule has 0 aliphatic heterocycles. The van der Waals surface area contributed by atoms with Crippen LogP contribution in [-0.2, 0) is 20.5 Å². The Bertz CT molecular complexity index is 940. The number of amides is 1. The highest BCUT2D eigenvalue weighted by Crippen LogP contribution is 2.35. The molecule has 160 valence electrons. The smallest absolute Gasteiger partial charge is 0.416 e. The van der Waals surface area contributed by atoms with Gasteiger partial charge in [0.25, 0.3) is 0 Å². The van der Waals surface area contributed by atoms with Gasteiger partial charge < -0.3 is 19.5 Å². The molecule has 0 spiro atoms. The number of nitrogens with one attached hydrogen (secondary N) is 1. The summed E-state index contributed by atoms with van der Waals surface area (Å²) < 4.78 is 54.8. The van der Waals surface area contributed by atoms with Gasteiger partial charge in [0.05, 0.1) is 26.9 Å². The van der Waals surface area contributed by atoms with E-state index in [0.717, 1.165) is 25.3 Å². The van der Waals surface area contributed by atoms with Crippen molar-refractivity contribution in [3.63, 3.8) is 0 Å². The van der Waals surface area contributed by atoms with Gasteiger partial charge in [-0.05, 0) is 35.4 Å². The fourth-order valence-corrected chi connectivity index (χ4v) is 2.71. The Morgan fingerprint density at radius 1 is 1.00 bits per heavy atom. The van der Waals surface area contributed by atoms with Gasteiger partial charge in [-0.15, -0.1) is 0 Å². The molecule has 30 heavy (non-hydrogen) atoms. The number of benzene rings is 2. The lowest BCUT2D eigenvalue weighted by atomic mass is 9.99. The number of rotatable bonds is 7. The van der Waals surface area contributed by atoms with Crippen molar-refractivity contribution in [1.29, 1.82) is 0 Å². The minimum absolute atomic E-state index is 0.412. The van der Waals surface area contributed by atoms with E-state index in [1.165, 1.54) is 32.4 Å². The third-order valence-corrected chi connectivity index (χ3v) is 4.14. The van der Waals surface area contributed by atoms with E-state index in [1.54, 1.807) is 18.2 Å². The summed E-state index contributed by atoms with van der Waals surface area (Å²) >= 11 is 0. The molecule has 0 aliphatic carbocycles. The zero-order valence-corrected chi connectivity index (χ0v) is 16.4. The molecule has 2 aromatic carbocycles. The number of hydrogen-bond acceptors (Lipinski definition) is 5. The molecule has 0 fully saturated rings. The lowest BCUT2D eigenvalue weighted by molar-refractivity contribution is -0.146. The molecule has 0 saturated heterocycles. The summed E-state index contributed by atoms with van der Waals surface area (Å²) in [6.45, 7) is 0. The van der Waals surface area contributed by atoms with Gasteiger partial charge in [-0.2, -0.15) is 13.2 Å². The van der Waals surface area contributed by atoms with Crippen LogP contribution in [-0.4, -0.2) is 33.2 Å². The first-order valence-electron chi connectivity index (χ1n) is 8.65. The van der Waals surface area contributed by atoms with E-state index in [4.69, 9.17) is 9.47 Å². The van der Waals surface area contributed by atoms with Crippen molar-refractivity contribution < 1.29 is 37.0 Å². The minimum Gasteiger partial charge on any atom is -0.493 e. The van der Waals surface area contributed by atoms with Gasteiger partial charge in [0, 0.05) is 6.08 Å². The molecule has 2 rings (SSSR count). The van der Waals surface area contributed by atoms with Crippen LogP contribution in [0, 0.1) is 0 Å². The molecule has 1 amide bonds. The van der Waals surface area contributed by atoms with Crippen molar-refractivity contribution in [1.82, 2.24) is 5.32 Å². The number of hydrogen-bond donors (Lipinski definition) is 1.